The predicted molar refractivity (Wildman–Crippen MR) is 83.2 cm³/mol. The van der Waals surface area contributed by atoms with Crippen LogP contribution in [0.1, 0.15) is 11.3 Å². The molecule has 0 saturated heterocycles. The van der Waals surface area contributed by atoms with Gasteiger partial charge in [-0.3, -0.25) is 9.10 Å². The highest BCUT2D eigenvalue weighted by Crippen LogP contribution is 2.21. The Kier molecular flexibility index (Phi) is 4.51. The van der Waals surface area contributed by atoms with Gasteiger partial charge < -0.3 is 9.84 Å². The molecule has 1 amide bonds. The van der Waals surface area contributed by atoms with E-state index in [9.17, 15) is 13.2 Å². The average molecular weight is 323 g/mol. The molecule has 1 aromatic carbocycles. The van der Waals surface area contributed by atoms with E-state index in [0.29, 0.717) is 11.4 Å². The van der Waals surface area contributed by atoms with Crippen molar-refractivity contribution in [2.24, 2.45) is 0 Å². The lowest BCUT2D eigenvalue weighted by molar-refractivity contribution is -0.114. The minimum Gasteiger partial charge on any atom is -0.360 e. The van der Waals surface area contributed by atoms with Crippen molar-refractivity contribution in [3.8, 4) is 0 Å². The SMILES string of the molecule is Cc1cc(NC(=O)CN(c2ccccc2C)S(C)(=O)=O)no1. The second kappa shape index (κ2) is 6.18. The highest BCUT2D eigenvalue weighted by molar-refractivity contribution is 7.92. The third-order valence-electron chi connectivity index (χ3n) is 2.97. The van der Waals surface area contributed by atoms with Gasteiger partial charge in [0.05, 0.1) is 11.9 Å². The zero-order chi connectivity index (χ0) is 16.3. The van der Waals surface area contributed by atoms with Gasteiger partial charge in [0.1, 0.15) is 12.3 Å². The molecule has 118 valence electrons. The van der Waals surface area contributed by atoms with E-state index >= 15 is 0 Å². The largest absolute Gasteiger partial charge is 0.360 e. The van der Waals surface area contributed by atoms with E-state index < -0.39 is 15.9 Å². The molecule has 1 aromatic heterocycles. The Bertz CT molecular complexity index is 783. The fourth-order valence-corrected chi connectivity index (χ4v) is 2.88. The van der Waals surface area contributed by atoms with Crippen molar-refractivity contribution in [1.82, 2.24) is 5.16 Å². The molecule has 0 bridgehead atoms. The Hall–Kier alpha value is -2.35. The number of rotatable bonds is 5. The molecule has 0 aliphatic heterocycles. The summed E-state index contributed by atoms with van der Waals surface area (Å²) < 4.78 is 29.9. The normalized spacial score (nSPS) is 11.2. The number of nitrogens with one attached hydrogen (secondary N) is 1. The molecule has 8 heteroatoms. The van der Waals surface area contributed by atoms with E-state index in [-0.39, 0.29) is 12.4 Å². The summed E-state index contributed by atoms with van der Waals surface area (Å²) in [6.45, 7) is 3.14. The number of benzene rings is 1. The van der Waals surface area contributed by atoms with Crippen molar-refractivity contribution in [2.45, 2.75) is 13.8 Å². The summed E-state index contributed by atoms with van der Waals surface area (Å²) in [6, 6.07) is 8.52. The van der Waals surface area contributed by atoms with Crippen LogP contribution in [-0.4, -0.2) is 32.3 Å². The highest BCUT2D eigenvalue weighted by Gasteiger charge is 2.22. The molecule has 1 heterocycles. The predicted octanol–water partition coefficient (Wildman–Crippen LogP) is 1.70. The van der Waals surface area contributed by atoms with Crippen LogP contribution >= 0.6 is 0 Å². The zero-order valence-electron chi connectivity index (χ0n) is 12.5. The number of hydrogen-bond acceptors (Lipinski definition) is 5. The summed E-state index contributed by atoms with van der Waals surface area (Å²) in [4.78, 5) is 12.1. The number of hydrogen-bond donors (Lipinski definition) is 1. The van der Waals surface area contributed by atoms with Gasteiger partial charge in [0, 0.05) is 6.07 Å². The van der Waals surface area contributed by atoms with Crippen molar-refractivity contribution in [2.75, 3.05) is 22.4 Å². The van der Waals surface area contributed by atoms with E-state index in [4.69, 9.17) is 4.52 Å². The third kappa shape index (κ3) is 3.85. The lowest BCUT2D eigenvalue weighted by Crippen LogP contribution is -2.37. The van der Waals surface area contributed by atoms with Gasteiger partial charge in [-0.1, -0.05) is 23.4 Å². The van der Waals surface area contributed by atoms with Gasteiger partial charge >= 0.3 is 0 Å². The minimum atomic E-state index is -3.59. The Morgan fingerprint density at radius 3 is 2.55 bits per heavy atom. The molecule has 0 atom stereocenters. The van der Waals surface area contributed by atoms with E-state index in [1.165, 1.54) is 0 Å². The van der Waals surface area contributed by atoms with Crippen molar-refractivity contribution < 1.29 is 17.7 Å². The molecule has 0 spiro atoms. The summed E-state index contributed by atoms with van der Waals surface area (Å²) in [7, 11) is -3.59. The summed E-state index contributed by atoms with van der Waals surface area (Å²) in [6.07, 6.45) is 1.06. The topological polar surface area (TPSA) is 92.5 Å². The van der Waals surface area contributed by atoms with Gasteiger partial charge in [-0.15, -0.1) is 0 Å². The van der Waals surface area contributed by atoms with Gasteiger partial charge in [0.25, 0.3) is 0 Å². The molecular weight excluding hydrogens is 306 g/mol. The van der Waals surface area contributed by atoms with Gasteiger partial charge in [-0.2, -0.15) is 0 Å². The molecule has 7 nitrogen and oxygen atoms in total. The van der Waals surface area contributed by atoms with Crippen molar-refractivity contribution >= 4 is 27.4 Å². The van der Waals surface area contributed by atoms with Crippen LogP contribution in [0.4, 0.5) is 11.5 Å². The van der Waals surface area contributed by atoms with Crippen LogP contribution in [0, 0.1) is 13.8 Å². The monoisotopic (exact) mass is 323 g/mol. The van der Waals surface area contributed by atoms with Crippen LogP contribution in [-0.2, 0) is 14.8 Å². The first-order chi connectivity index (χ1) is 10.3. The lowest BCUT2D eigenvalue weighted by atomic mass is 10.2. The van der Waals surface area contributed by atoms with Gasteiger partial charge in [0.15, 0.2) is 5.82 Å². The van der Waals surface area contributed by atoms with Crippen molar-refractivity contribution in [3.63, 3.8) is 0 Å². The quantitative estimate of drug-likeness (QED) is 0.904. The maximum atomic E-state index is 12.1. The Morgan fingerprint density at radius 2 is 2.00 bits per heavy atom. The zero-order valence-corrected chi connectivity index (χ0v) is 13.3. The van der Waals surface area contributed by atoms with Gasteiger partial charge in [0.2, 0.25) is 15.9 Å². The first-order valence-corrected chi connectivity index (χ1v) is 8.38. The fourth-order valence-electron chi connectivity index (χ4n) is 1.96. The first-order valence-electron chi connectivity index (χ1n) is 6.54. The van der Waals surface area contributed by atoms with E-state index in [1.54, 1.807) is 44.2 Å². The molecule has 0 fully saturated rings. The van der Waals surface area contributed by atoms with Gasteiger partial charge in [-0.05, 0) is 25.5 Å². The molecule has 0 aliphatic rings. The number of amides is 1. The number of sulfonamides is 1. The van der Waals surface area contributed by atoms with Crippen molar-refractivity contribution in [1.29, 1.82) is 0 Å². The average Bonchev–Trinajstić information content (AvgIpc) is 2.81. The standard InChI is InChI=1S/C14H17N3O4S/c1-10-6-4-5-7-12(10)17(22(3,19)20)9-14(18)15-13-8-11(2)21-16-13/h4-8H,9H2,1-3H3,(H,15,16,18). The molecule has 0 radical (unpaired) electrons. The summed E-state index contributed by atoms with van der Waals surface area (Å²) in [5, 5.41) is 6.15. The second-order valence-electron chi connectivity index (χ2n) is 4.93. The van der Waals surface area contributed by atoms with Crippen LogP contribution < -0.4 is 9.62 Å². The van der Waals surface area contributed by atoms with Crippen molar-refractivity contribution in [3.05, 3.63) is 41.7 Å². The lowest BCUT2D eigenvalue weighted by Gasteiger charge is -2.23. The van der Waals surface area contributed by atoms with Crippen LogP contribution in [0.5, 0.6) is 0 Å². The van der Waals surface area contributed by atoms with Crippen LogP contribution in [0.25, 0.3) is 0 Å². The molecule has 2 rings (SSSR count). The molecule has 22 heavy (non-hydrogen) atoms. The van der Waals surface area contributed by atoms with E-state index in [0.717, 1.165) is 16.1 Å². The molecule has 2 aromatic rings. The smallest absolute Gasteiger partial charge is 0.246 e. The fraction of sp³-hybridized carbons (Fsp3) is 0.286. The summed E-state index contributed by atoms with van der Waals surface area (Å²) in [5.41, 5.74) is 1.23. The summed E-state index contributed by atoms with van der Waals surface area (Å²) >= 11 is 0. The number of para-hydroxylation sites is 1. The molecule has 0 unspecified atom stereocenters. The Labute approximate surface area is 129 Å². The number of carbonyl (C=O) groups excluding carboxylic acids is 1. The second-order valence-corrected chi connectivity index (χ2v) is 6.83. The number of nitrogens with zero attached hydrogens (tertiary/aromatic N) is 2. The molecular formula is C14H17N3O4S. The van der Waals surface area contributed by atoms with E-state index in [1.807, 2.05) is 0 Å². The third-order valence-corrected chi connectivity index (χ3v) is 4.09. The van der Waals surface area contributed by atoms with Crippen LogP contribution in [0.15, 0.2) is 34.9 Å². The number of anilines is 2. The highest BCUT2D eigenvalue weighted by atomic mass is 32.2. The van der Waals surface area contributed by atoms with Gasteiger partial charge in [-0.25, -0.2) is 8.42 Å². The maximum absolute atomic E-state index is 12.1. The Balaban J connectivity index is 2.21. The molecule has 0 saturated carbocycles. The maximum Gasteiger partial charge on any atom is 0.246 e. The minimum absolute atomic E-state index is 0.251. The number of aryl methyl sites for hydroxylation is 2. The Morgan fingerprint density at radius 1 is 1.32 bits per heavy atom. The number of aromatic nitrogens is 1. The van der Waals surface area contributed by atoms with Crippen LogP contribution in [0.2, 0.25) is 0 Å². The number of carbonyl (C=O) groups is 1. The molecule has 1 N–H and O–H groups in total. The van der Waals surface area contributed by atoms with E-state index in [2.05, 4.69) is 10.5 Å². The summed E-state index contributed by atoms with van der Waals surface area (Å²) in [5.74, 6) is 0.303. The van der Waals surface area contributed by atoms with Crippen LogP contribution in [0.3, 0.4) is 0 Å². The first kappa shape index (κ1) is 16.0. The molecule has 0 aliphatic carbocycles.